The number of thiazole rings is 1. The van der Waals surface area contributed by atoms with Crippen molar-refractivity contribution in [3.63, 3.8) is 0 Å². The first-order valence-corrected chi connectivity index (χ1v) is 7.68. The van der Waals surface area contributed by atoms with E-state index in [4.69, 9.17) is 10.5 Å². The molecule has 3 N–H and O–H groups in total. The Bertz CT molecular complexity index is 730. The Hall–Kier alpha value is -2.35. The van der Waals surface area contributed by atoms with Gasteiger partial charge in [0, 0.05) is 13.1 Å². The first-order chi connectivity index (χ1) is 10.6. The lowest BCUT2D eigenvalue weighted by Gasteiger charge is -2.15. The molecule has 0 aliphatic carbocycles. The van der Waals surface area contributed by atoms with Crippen LogP contribution in [0, 0.1) is 5.92 Å². The average molecular weight is 320 g/mol. The highest BCUT2D eigenvalue weighted by Crippen LogP contribution is 2.29. The molecule has 3 amide bonds. The maximum Gasteiger partial charge on any atom is 0.323 e. The van der Waals surface area contributed by atoms with Crippen LogP contribution in [0.25, 0.3) is 10.2 Å². The second kappa shape index (κ2) is 5.80. The second-order valence-electron chi connectivity index (χ2n) is 5.12. The van der Waals surface area contributed by atoms with Gasteiger partial charge in [0.05, 0.1) is 23.2 Å². The Labute approximate surface area is 131 Å². The quantitative estimate of drug-likeness (QED) is 0.898. The topological polar surface area (TPSA) is 97.6 Å². The smallest absolute Gasteiger partial charge is 0.323 e. The highest BCUT2D eigenvalue weighted by atomic mass is 32.1. The fraction of sp³-hybridized carbons (Fsp3) is 0.357. The summed E-state index contributed by atoms with van der Waals surface area (Å²) in [4.78, 5) is 29.3. The Morgan fingerprint density at radius 1 is 1.50 bits per heavy atom. The van der Waals surface area contributed by atoms with Crippen LogP contribution in [0.2, 0.25) is 0 Å². The van der Waals surface area contributed by atoms with Crippen molar-refractivity contribution in [2.24, 2.45) is 11.7 Å². The number of carbonyl (C=O) groups excluding carboxylic acids is 2. The van der Waals surface area contributed by atoms with Gasteiger partial charge in [-0.05, 0) is 24.6 Å². The highest BCUT2D eigenvalue weighted by molar-refractivity contribution is 7.22. The molecular formula is C14H16N4O3S. The van der Waals surface area contributed by atoms with Gasteiger partial charge in [-0.15, -0.1) is 0 Å². The lowest BCUT2D eigenvalue weighted by Crippen LogP contribution is -2.34. The number of anilines is 1. The van der Waals surface area contributed by atoms with Gasteiger partial charge in [-0.1, -0.05) is 11.3 Å². The van der Waals surface area contributed by atoms with E-state index < -0.39 is 0 Å². The van der Waals surface area contributed by atoms with E-state index in [0.717, 1.165) is 16.0 Å². The van der Waals surface area contributed by atoms with Crippen LogP contribution in [0.4, 0.5) is 9.93 Å². The molecule has 8 heteroatoms. The van der Waals surface area contributed by atoms with Crippen molar-refractivity contribution >= 4 is 38.6 Å². The molecule has 0 saturated carbocycles. The number of urea groups is 1. The molecule has 1 aliphatic heterocycles. The minimum atomic E-state index is -0.359. The number of aromatic nitrogens is 1. The third-order valence-electron chi connectivity index (χ3n) is 3.69. The summed E-state index contributed by atoms with van der Waals surface area (Å²) in [5.41, 5.74) is 6.07. The van der Waals surface area contributed by atoms with Crippen LogP contribution in [-0.4, -0.2) is 42.0 Å². The van der Waals surface area contributed by atoms with Crippen LogP contribution in [0.1, 0.15) is 6.42 Å². The molecule has 1 aliphatic rings. The Balaban J connectivity index is 1.70. The van der Waals surface area contributed by atoms with Crippen LogP contribution < -0.4 is 15.8 Å². The van der Waals surface area contributed by atoms with Gasteiger partial charge >= 0.3 is 6.03 Å². The molecule has 1 aromatic heterocycles. The molecule has 2 heterocycles. The standard InChI is InChI=1S/C14H16N4O3S/c1-21-9-2-3-10-11(6-9)22-13(16-10)17-14(20)18-5-4-8(7-18)12(15)19/h2-3,6,8H,4-5,7H2,1H3,(H2,15,19)(H,16,17,20). The zero-order valence-electron chi connectivity index (χ0n) is 12.0. The number of amides is 3. The van der Waals surface area contributed by atoms with E-state index in [2.05, 4.69) is 10.3 Å². The fourth-order valence-electron chi connectivity index (χ4n) is 2.43. The summed E-state index contributed by atoms with van der Waals surface area (Å²) in [5, 5.41) is 3.30. The zero-order chi connectivity index (χ0) is 15.7. The number of carbonyl (C=O) groups is 2. The van der Waals surface area contributed by atoms with E-state index in [0.29, 0.717) is 24.6 Å². The molecule has 3 rings (SSSR count). The van der Waals surface area contributed by atoms with E-state index in [1.54, 1.807) is 12.0 Å². The predicted octanol–water partition coefficient (Wildman–Crippen LogP) is 1.64. The maximum atomic E-state index is 12.2. The number of rotatable bonds is 3. The molecule has 0 spiro atoms. The maximum absolute atomic E-state index is 12.2. The van der Waals surface area contributed by atoms with Crippen molar-refractivity contribution in [2.45, 2.75) is 6.42 Å². The molecule has 7 nitrogen and oxygen atoms in total. The van der Waals surface area contributed by atoms with Gasteiger partial charge in [-0.25, -0.2) is 9.78 Å². The number of likely N-dealkylation sites (tertiary alicyclic amines) is 1. The van der Waals surface area contributed by atoms with Gasteiger partial charge in [-0.2, -0.15) is 0 Å². The van der Waals surface area contributed by atoms with Gasteiger partial charge in [0.25, 0.3) is 0 Å². The van der Waals surface area contributed by atoms with E-state index in [1.807, 2.05) is 18.2 Å². The Morgan fingerprint density at radius 2 is 2.32 bits per heavy atom. The summed E-state index contributed by atoms with van der Waals surface area (Å²) in [5.74, 6) is 0.130. The van der Waals surface area contributed by atoms with Crippen LogP contribution in [0.15, 0.2) is 18.2 Å². The number of nitrogens with two attached hydrogens (primary N) is 1. The summed E-state index contributed by atoms with van der Waals surface area (Å²) in [7, 11) is 1.60. The van der Waals surface area contributed by atoms with E-state index in [1.165, 1.54) is 11.3 Å². The summed E-state index contributed by atoms with van der Waals surface area (Å²) in [6, 6.07) is 5.29. The van der Waals surface area contributed by atoms with Crippen molar-refractivity contribution in [1.29, 1.82) is 0 Å². The highest BCUT2D eigenvalue weighted by Gasteiger charge is 2.29. The van der Waals surface area contributed by atoms with Gasteiger partial charge in [0.1, 0.15) is 5.75 Å². The summed E-state index contributed by atoms with van der Waals surface area (Å²) >= 11 is 1.38. The van der Waals surface area contributed by atoms with Crippen molar-refractivity contribution in [3.05, 3.63) is 18.2 Å². The normalized spacial score (nSPS) is 17.7. The molecule has 2 aromatic rings. The van der Waals surface area contributed by atoms with Gasteiger partial charge in [-0.3, -0.25) is 10.1 Å². The SMILES string of the molecule is COc1ccc2nc(NC(=O)N3CCC(C(N)=O)C3)sc2c1. The molecule has 0 radical (unpaired) electrons. The Kier molecular flexibility index (Phi) is 3.84. The molecule has 1 aromatic carbocycles. The predicted molar refractivity (Wildman–Crippen MR) is 84.1 cm³/mol. The number of hydrogen-bond acceptors (Lipinski definition) is 5. The first-order valence-electron chi connectivity index (χ1n) is 6.86. The summed E-state index contributed by atoms with van der Waals surface area (Å²) in [6.45, 7) is 0.887. The van der Waals surface area contributed by atoms with Gasteiger partial charge in [0.2, 0.25) is 5.91 Å². The molecule has 116 valence electrons. The molecular weight excluding hydrogens is 304 g/mol. The van der Waals surface area contributed by atoms with E-state index >= 15 is 0 Å². The van der Waals surface area contributed by atoms with Crippen LogP contribution in [0.3, 0.4) is 0 Å². The molecule has 1 atom stereocenters. The number of nitrogens with zero attached hydrogens (tertiary/aromatic N) is 2. The number of hydrogen-bond donors (Lipinski definition) is 2. The minimum absolute atomic E-state index is 0.255. The molecule has 0 bridgehead atoms. The number of benzene rings is 1. The average Bonchev–Trinajstić information content (AvgIpc) is 3.12. The molecule has 1 saturated heterocycles. The lowest BCUT2D eigenvalue weighted by molar-refractivity contribution is -0.121. The number of ether oxygens (including phenoxy) is 1. The molecule has 1 unspecified atom stereocenters. The second-order valence-corrected chi connectivity index (χ2v) is 6.15. The number of methoxy groups -OCH3 is 1. The monoisotopic (exact) mass is 320 g/mol. The molecule has 1 fully saturated rings. The van der Waals surface area contributed by atoms with Gasteiger partial charge in [0.15, 0.2) is 5.13 Å². The van der Waals surface area contributed by atoms with Crippen molar-refractivity contribution in [2.75, 3.05) is 25.5 Å². The number of nitrogens with one attached hydrogen (secondary N) is 1. The minimum Gasteiger partial charge on any atom is -0.497 e. The van der Waals surface area contributed by atoms with Crippen molar-refractivity contribution in [3.8, 4) is 5.75 Å². The number of primary amides is 1. The van der Waals surface area contributed by atoms with Crippen LogP contribution in [0.5, 0.6) is 5.75 Å². The Morgan fingerprint density at radius 3 is 3.00 bits per heavy atom. The third-order valence-corrected chi connectivity index (χ3v) is 4.62. The van der Waals surface area contributed by atoms with Crippen molar-refractivity contribution < 1.29 is 14.3 Å². The van der Waals surface area contributed by atoms with E-state index in [-0.39, 0.29) is 17.9 Å². The third kappa shape index (κ3) is 2.82. The first kappa shape index (κ1) is 14.6. The largest absolute Gasteiger partial charge is 0.497 e. The lowest BCUT2D eigenvalue weighted by atomic mass is 10.1. The van der Waals surface area contributed by atoms with E-state index in [9.17, 15) is 9.59 Å². The van der Waals surface area contributed by atoms with Crippen molar-refractivity contribution in [1.82, 2.24) is 9.88 Å². The fourth-order valence-corrected chi connectivity index (χ4v) is 3.32. The van der Waals surface area contributed by atoms with Crippen LogP contribution >= 0.6 is 11.3 Å². The zero-order valence-corrected chi connectivity index (χ0v) is 12.9. The number of fused-ring (bicyclic) bond motifs is 1. The van der Waals surface area contributed by atoms with Gasteiger partial charge < -0.3 is 15.4 Å². The molecule has 22 heavy (non-hydrogen) atoms. The summed E-state index contributed by atoms with van der Waals surface area (Å²) < 4.78 is 6.10. The van der Waals surface area contributed by atoms with Crippen LogP contribution in [-0.2, 0) is 4.79 Å². The summed E-state index contributed by atoms with van der Waals surface area (Å²) in [6.07, 6.45) is 0.611.